The molecule has 3 rings (SSSR count). The van der Waals surface area contributed by atoms with Gasteiger partial charge in [-0.05, 0) is 36.6 Å². The molecular weight excluding hydrogens is 397 g/mol. The number of rotatable bonds is 6. The van der Waals surface area contributed by atoms with Crippen molar-refractivity contribution in [1.29, 1.82) is 0 Å². The summed E-state index contributed by atoms with van der Waals surface area (Å²) >= 11 is 0. The van der Waals surface area contributed by atoms with Crippen LogP contribution in [0, 0.1) is 12.7 Å². The zero-order valence-corrected chi connectivity index (χ0v) is 16.8. The number of nitrogens with zero attached hydrogens (tertiary/aromatic N) is 1. The molecule has 0 radical (unpaired) electrons. The Morgan fingerprint density at radius 1 is 1.17 bits per heavy atom. The molecule has 1 heterocycles. The lowest BCUT2D eigenvalue weighted by atomic mass is 10.1. The van der Waals surface area contributed by atoms with Gasteiger partial charge in [0.05, 0.1) is 17.1 Å². The number of hydrogen-bond acceptors (Lipinski definition) is 5. The summed E-state index contributed by atoms with van der Waals surface area (Å²) in [6.45, 7) is 1.25. The van der Waals surface area contributed by atoms with E-state index in [0.29, 0.717) is 12.0 Å². The van der Waals surface area contributed by atoms with E-state index in [-0.39, 0.29) is 23.6 Å². The topological polar surface area (TPSA) is 80.8 Å². The van der Waals surface area contributed by atoms with E-state index in [4.69, 9.17) is 4.74 Å². The molecule has 0 aliphatic carbocycles. The molecule has 1 amide bonds. The van der Waals surface area contributed by atoms with Gasteiger partial charge in [-0.2, -0.15) is 0 Å². The molecule has 0 saturated carbocycles. The third kappa shape index (κ3) is 5.41. The highest BCUT2D eigenvalue weighted by Gasteiger charge is 2.35. The average Bonchev–Trinajstić information content (AvgIpc) is 3.06. The molecule has 6 nitrogen and oxygen atoms in total. The summed E-state index contributed by atoms with van der Waals surface area (Å²) in [4.78, 5) is 26.4. The van der Waals surface area contributed by atoms with Crippen LogP contribution in [0.2, 0.25) is 0 Å². The zero-order chi connectivity index (χ0) is 21.0. The van der Waals surface area contributed by atoms with Gasteiger partial charge in [-0.1, -0.05) is 36.4 Å². The SMILES string of the molecule is Cc1ccc(C(=O)OCC(=O)N(Cc2ccccc2)[C@@H]2CCS(=O)(=O)C2)cc1F. The predicted molar refractivity (Wildman–Crippen MR) is 105 cm³/mol. The maximum absolute atomic E-state index is 13.6. The first-order chi connectivity index (χ1) is 13.7. The molecule has 0 unspecified atom stereocenters. The van der Waals surface area contributed by atoms with Crippen LogP contribution in [0.25, 0.3) is 0 Å². The Bertz CT molecular complexity index is 1010. The second-order valence-electron chi connectivity index (χ2n) is 7.10. The summed E-state index contributed by atoms with van der Waals surface area (Å²) in [6, 6.07) is 12.7. The minimum atomic E-state index is -3.19. The number of esters is 1. The Hall–Kier alpha value is -2.74. The van der Waals surface area contributed by atoms with Crippen LogP contribution < -0.4 is 0 Å². The summed E-state index contributed by atoms with van der Waals surface area (Å²) < 4.78 is 42.5. The maximum atomic E-state index is 13.6. The van der Waals surface area contributed by atoms with Gasteiger partial charge in [0.1, 0.15) is 5.82 Å². The number of sulfone groups is 1. The van der Waals surface area contributed by atoms with Crippen molar-refractivity contribution in [2.45, 2.75) is 25.9 Å². The predicted octanol–water partition coefficient (Wildman–Crippen LogP) is 2.51. The summed E-state index contributed by atoms with van der Waals surface area (Å²) in [5.74, 6) is -1.91. The number of benzene rings is 2. The van der Waals surface area contributed by atoms with Crippen molar-refractivity contribution in [2.75, 3.05) is 18.1 Å². The molecule has 8 heteroatoms. The Kier molecular flexibility index (Phi) is 6.32. The van der Waals surface area contributed by atoms with Crippen LogP contribution in [0.1, 0.15) is 27.9 Å². The fourth-order valence-corrected chi connectivity index (χ4v) is 4.97. The molecule has 154 valence electrons. The Morgan fingerprint density at radius 2 is 1.90 bits per heavy atom. The largest absolute Gasteiger partial charge is 0.452 e. The van der Waals surface area contributed by atoms with E-state index in [0.717, 1.165) is 11.6 Å². The van der Waals surface area contributed by atoms with Crippen molar-refractivity contribution in [2.24, 2.45) is 0 Å². The van der Waals surface area contributed by atoms with Crippen LogP contribution in [0.15, 0.2) is 48.5 Å². The first kappa shape index (κ1) is 21.0. The molecule has 0 bridgehead atoms. The fourth-order valence-electron chi connectivity index (χ4n) is 3.24. The molecular formula is C21H22FNO5S. The van der Waals surface area contributed by atoms with Gasteiger partial charge in [0, 0.05) is 12.6 Å². The van der Waals surface area contributed by atoms with Crippen LogP contribution in [-0.4, -0.2) is 49.3 Å². The van der Waals surface area contributed by atoms with Crippen LogP contribution in [0.4, 0.5) is 4.39 Å². The van der Waals surface area contributed by atoms with Crippen molar-refractivity contribution in [3.05, 3.63) is 71.0 Å². The second kappa shape index (κ2) is 8.73. The van der Waals surface area contributed by atoms with E-state index < -0.39 is 40.2 Å². The van der Waals surface area contributed by atoms with E-state index in [9.17, 15) is 22.4 Å². The number of halogens is 1. The lowest BCUT2D eigenvalue weighted by molar-refractivity contribution is -0.137. The van der Waals surface area contributed by atoms with Crippen LogP contribution >= 0.6 is 0 Å². The molecule has 1 aliphatic heterocycles. The lowest BCUT2D eigenvalue weighted by Gasteiger charge is -2.28. The van der Waals surface area contributed by atoms with Gasteiger partial charge in [-0.25, -0.2) is 17.6 Å². The van der Waals surface area contributed by atoms with E-state index in [2.05, 4.69) is 0 Å². The first-order valence-corrected chi connectivity index (χ1v) is 11.0. The third-order valence-corrected chi connectivity index (χ3v) is 6.65. The van der Waals surface area contributed by atoms with Crippen LogP contribution in [0.3, 0.4) is 0 Å². The van der Waals surface area contributed by atoms with Gasteiger partial charge >= 0.3 is 5.97 Å². The standard InChI is InChI=1S/C21H22FNO5S/c1-15-7-8-17(11-19(15)22)21(25)28-13-20(24)23(12-16-5-3-2-4-6-16)18-9-10-29(26,27)14-18/h2-8,11,18H,9-10,12-14H2,1H3/t18-/m1/s1. The minimum Gasteiger partial charge on any atom is -0.452 e. The number of ether oxygens (including phenoxy) is 1. The smallest absolute Gasteiger partial charge is 0.338 e. The molecule has 29 heavy (non-hydrogen) atoms. The normalized spacial score (nSPS) is 17.7. The highest BCUT2D eigenvalue weighted by atomic mass is 32.2. The number of amides is 1. The fraction of sp³-hybridized carbons (Fsp3) is 0.333. The molecule has 1 atom stereocenters. The quantitative estimate of drug-likeness (QED) is 0.672. The molecule has 0 N–H and O–H groups in total. The van der Waals surface area contributed by atoms with Gasteiger partial charge in [0.25, 0.3) is 5.91 Å². The van der Waals surface area contributed by atoms with Crippen LogP contribution in [-0.2, 0) is 25.9 Å². The monoisotopic (exact) mass is 419 g/mol. The van der Waals surface area contributed by atoms with Gasteiger partial charge in [-0.3, -0.25) is 4.79 Å². The van der Waals surface area contributed by atoms with Crippen molar-refractivity contribution in [3.8, 4) is 0 Å². The summed E-state index contributed by atoms with van der Waals surface area (Å²) in [6.07, 6.45) is 0.345. The number of hydrogen-bond donors (Lipinski definition) is 0. The molecule has 1 fully saturated rings. The van der Waals surface area contributed by atoms with Gasteiger partial charge in [-0.15, -0.1) is 0 Å². The molecule has 1 saturated heterocycles. The Morgan fingerprint density at radius 3 is 2.52 bits per heavy atom. The average molecular weight is 419 g/mol. The molecule has 1 aliphatic rings. The number of carbonyl (C=O) groups is 2. The van der Waals surface area contributed by atoms with Gasteiger partial charge < -0.3 is 9.64 Å². The molecule has 2 aromatic rings. The second-order valence-corrected chi connectivity index (χ2v) is 9.33. The maximum Gasteiger partial charge on any atom is 0.338 e. The third-order valence-electron chi connectivity index (χ3n) is 4.90. The highest BCUT2D eigenvalue weighted by molar-refractivity contribution is 7.91. The Balaban J connectivity index is 1.70. The summed E-state index contributed by atoms with van der Waals surface area (Å²) in [5.41, 5.74) is 1.25. The lowest BCUT2D eigenvalue weighted by Crippen LogP contribution is -2.42. The number of aryl methyl sites for hydroxylation is 1. The van der Waals surface area contributed by atoms with Gasteiger partial charge in [0.2, 0.25) is 0 Å². The summed E-state index contributed by atoms with van der Waals surface area (Å²) in [5, 5.41) is 0. The molecule has 2 aromatic carbocycles. The van der Waals surface area contributed by atoms with Crippen molar-refractivity contribution >= 4 is 21.7 Å². The Labute approximate surface area is 169 Å². The highest BCUT2D eigenvalue weighted by Crippen LogP contribution is 2.20. The van der Waals surface area contributed by atoms with Crippen molar-refractivity contribution in [1.82, 2.24) is 4.90 Å². The minimum absolute atomic E-state index is 0.0129. The number of carbonyl (C=O) groups excluding carboxylic acids is 2. The molecule has 0 spiro atoms. The van der Waals surface area contributed by atoms with Crippen LogP contribution in [0.5, 0.6) is 0 Å². The van der Waals surface area contributed by atoms with Gasteiger partial charge in [0.15, 0.2) is 16.4 Å². The summed E-state index contributed by atoms with van der Waals surface area (Å²) in [7, 11) is -3.19. The first-order valence-electron chi connectivity index (χ1n) is 9.22. The van der Waals surface area contributed by atoms with E-state index >= 15 is 0 Å². The molecule has 0 aromatic heterocycles. The zero-order valence-electron chi connectivity index (χ0n) is 16.0. The van der Waals surface area contributed by atoms with E-state index in [1.165, 1.54) is 17.0 Å². The van der Waals surface area contributed by atoms with Crippen molar-refractivity contribution < 1.29 is 27.1 Å². The van der Waals surface area contributed by atoms with E-state index in [1.807, 2.05) is 30.3 Å². The van der Waals surface area contributed by atoms with E-state index in [1.54, 1.807) is 6.92 Å². The van der Waals surface area contributed by atoms with Crippen molar-refractivity contribution in [3.63, 3.8) is 0 Å².